The maximum atomic E-state index is 12.3. The molecule has 0 spiro atoms. The number of aromatic nitrogens is 3. The van der Waals surface area contributed by atoms with E-state index in [2.05, 4.69) is 25.5 Å². The van der Waals surface area contributed by atoms with Crippen molar-refractivity contribution in [3.8, 4) is 11.5 Å². The molecule has 11 heteroatoms. The van der Waals surface area contributed by atoms with E-state index in [0.717, 1.165) is 21.6 Å². The monoisotopic (exact) mass is 537 g/mol. The Morgan fingerprint density at radius 1 is 1.10 bits per heavy atom. The van der Waals surface area contributed by atoms with Gasteiger partial charge in [-0.1, -0.05) is 6.07 Å². The van der Waals surface area contributed by atoms with E-state index in [1.54, 1.807) is 60.7 Å². The molecular weight excluding hydrogens is 518 g/mol. The zero-order chi connectivity index (χ0) is 27.2. The third-order valence-corrected chi connectivity index (χ3v) is 6.60. The number of amides is 1. The van der Waals surface area contributed by atoms with Gasteiger partial charge in [-0.25, -0.2) is 25.0 Å². The molecule has 0 unspecified atom stereocenters. The lowest BCUT2D eigenvalue weighted by molar-refractivity contribution is 0.0955. The minimum Gasteiger partial charge on any atom is -0.507 e. The first-order valence-electron chi connectivity index (χ1n) is 11.6. The maximum Gasteiger partial charge on any atom is 0.271 e. The van der Waals surface area contributed by atoms with Gasteiger partial charge >= 0.3 is 0 Å². The number of nitrogens with zero attached hydrogens (tertiary/aromatic N) is 3. The molecule has 5 aromatic rings. The van der Waals surface area contributed by atoms with Gasteiger partial charge in [-0.3, -0.25) is 4.79 Å². The van der Waals surface area contributed by atoms with Crippen LogP contribution in [0.2, 0.25) is 0 Å². The van der Waals surface area contributed by atoms with Crippen LogP contribution < -0.4 is 20.6 Å². The molecule has 0 saturated carbocycles. The first-order chi connectivity index (χ1) is 19.0. The number of aromatic amines is 1. The SMILES string of the molecule is O=C=c1ccc(Cc2nc(COc3ccc(C=NNC(=O)c4ccc5nc[nH]c5c4)c(O)c3)cs2)cc1=C=O. The molecule has 0 aliphatic carbocycles. The lowest BCUT2D eigenvalue weighted by Gasteiger charge is -2.06. The van der Waals surface area contributed by atoms with Crippen LogP contribution in [-0.2, 0) is 22.6 Å². The van der Waals surface area contributed by atoms with Gasteiger partial charge in [-0.2, -0.15) is 5.10 Å². The van der Waals surface area contributed by atoms with E-state index >= 15 is 0 Å². The molecule has 0 aliphatic heterocycles. The van der Waals surface area contributed by atoms with Crippen LogP contribution in [0.15, 0.2) is 71.4 Å². The number of nitrogens with one attached hydrogen (secondary N) is 2. The zero-order valence-corrected chi connectivity index (χ0v) is 21.0. The quantitative estimate of drug-likeness (QED) is 0.202. The largest absolute Gasteiger partial charge is 0.507 e. The first kappa shape index (κ1) is 25.3. The van der Waals surface area contributed by atoms with Crippen LogP contribution in [-0.4, -0.2) is 44.1 Å². The third kappa shape index (κ3) is 5.98. The van der Waals surface area contributed by atoms with Gasteiger partial charge in [0, 0.05) is 29.0 Å². The van der Waals surface area contributed by atoms with E-state index < -0.39 is 5.91 Å². The molecule has 2 heterocycles. The van der Waals surface area contributed by atoms with E-state index in [-0.39, 0.29) is 22.8 Å². The van der Waals surface area contributed by atoms with Crippen LogP contribution in [0.25, 0.3) is 11.0 Å². The number of hydrogen-bond donors (Lipinski definition) is 3. The molecule has 3 aromatic carbocycles. The number of H-pyrrole nitrogens is 1. The van der Waals surface area contributed by atoms with Crippen LogP contribution >= 0.6 is 11.3 Å². The lowest BCUT2D eigenvalue weighted by atomic mass is 10.1. The molecule has 0 bridgehead atoms. The molecule has 0 saturated heterocycles. The van der Waals surface area contributed by atoms with Crippen molar-refractivity contribution in [1.29, 1.82) is 0 Å². The zero-order valence-electron chi connectivity index (χ0n) is 20.2. The van der Waals surface area contributed by atoms with E-state index in [4.69, 9.17) is 4.74 Å². The summed E-state index contributed by atoms with van der Waals surface area (Å²) in [4.78, 5) is 45.9. The summed E-state index contributed by atoms with van der Waals surface area (Å²) in [6.45, 7) is 0.187. The molecule has 5 rings (SSSR count). The summed E-state index contributed by atoms with van der Waals surface area (Å²) >= 11 is 1.45. The summed E-state index contributed by atoms with van der Waals surface area (Å²) in [7, 11) is 0. The number of fused-ring (bicyclic) bond motifs is 1. The summed E-state index contributed by atoms with van der Waals surface area (Å²) in [5.41, 5.74) is 6.28. The molecule has 39 heavy (non-hydrogen) atoms. The third-order valence-electron chi connectivity index (χ3n) is 5.70. The Hall–Kier alpha value is -5.34. The highest BCUT2D eigenvalue weighted by atomic mass is 32.1. The number of ether oxygens (including phenoxy) is 1. The number of carbonyl (C=O) groups is 1. The highest BCUT2D eigenvalue weighted by molar-refractivity contribution is 7.09. The molecule has 0 radical (unpaired) electrons. The molecule has 3 N–H and O–H groups in total. The van der Waals surface area contributed by atoms with Gasteiger partial charge in [-0.05, 0) is 48.0 Å². The van der Waals surface area contributed by atoms with E-state index in [9.17, 15) is 19.5 Å². The second kappa shape index (κ2) is 11.4. The molecule has 0 fully saturated rings. The Labute approximate surface area is 224 Å². The van der Waals surface area contributed by atoms with Gasteiger partial charge in [-0.15, -0.1) is 11.3 Å². The van der Waals surface area contributed by atoms with Crippen LogP contribution in [0.4, 0.5) is 0 Å². The van der Waals surface area contributed by atoms with Crippen molar-refractivity contribution < 1.29 is 24.2 Å². The predicted octanol–water partition coefficient (Wildman–Crippen LogP) is 1.67. The number of carbonyl (C=O) groups excluding carboxylic acids is 3. The molecule has 192 valence electrons. The van der Waals surface area contributed by atoms with Crippen molar-refractivity contribution in [2.45, 2.75) is 13.0 Å². The summed E-state index contributed by atoms with van der Waals surface area (Å²) in [6, 6.07) is 14.7. The van der Waals surface area contributed by atoms with Crippen LogP contribution in [0.1, 0.15) is 32.2 Å². The highest BCUT2D eigenvalue weighted by Gasteiger charge is 2.08. The van der Waals surface area contributed by atoms with Gasteiger partial charge in [0.05, 0.1) is 44.7 Å². The minimum absolute atomic E-state index is 0.0675. The summed E-state index contributed by atoms with van der Waals surface area (Å²) in [5, 5.41) is 17.3. The van der Waals surface area contributed by atoms with Crippen LogP contribution in [0.3, 0.4) is 0 Å². The fraction of sp³-hybridized carbons (Fsp3) is 0.0714. The predicted molar refractivity (Wildman–Crippen MR) is 144 cm³/mol. The first-order valence-corrected chi connectivity index (χ1v) is 12.4. The van der Waals surface area contributed by atoms with Crippen LogP contribution in [0.5, 0.6) is 11.5 Å². The summed E-state index contributed by atoms with van der Waals surface area (Å²) < 4.78 is 5.75. The van der Waals surface area contributed by atoms with Crippen molar-refractivity contribution in [2.24, 2.45) is 5.10 Å². The number of hydrogen-bond acceptors (Lipinski definition) is 9. The number of benzene rings is 3. The van der Waals surface area contributed by atoms with Crippen molar-refractivity contribution in [3.63, 3.8) is 0 Å². The number of phenols is 1. The van der Waals surface area contributed by atoms with Crippen molar-refractivity contribution in [2.75, 3.05) is 0 Å². The maximum absolute atomic E-state index is 12.3. The molecule has 0 aliphatic rings. The van der Waals surface area contributed by atoms with E-state index in [0.29, 0.717) is 29.0 Å². The number of rotatable bonds is 8. The molecule has 0 atom stereocenters. The Morgan fingerprint density at radius 2 is 1.97 bits per heavy atom. The second-order valence-electron chi connectivity index (χ2n) is 8.34. The Morgan fingerprint density at radius 3 is 2.79 bits per heavy atom. The topological polar surface area (TPSA) is 147 Å². The Balaban J connectivity index is 1.16. The molecule has 2 aromatic heterocycles. The van der Waals surface area contributed by atoms with Crippen molar-refractivity contribution >= 4 is 46.4 Å². The van der Waals surface area contributed by atoms with Crippen molar-refractivity contribution in [3.05, 3.63) is 104 Å². The Kier molecular flexibility index (Phi) is 7.38. The lowest BCUT2D eigenvalue weighted by Crippen LogP contribution is -2.27. The van der Waals surface area contributed by atoms with Gasteiger partial charge in [0.1, 0.15) is 30.0 Å². The van der Waals surface area contributed by atoms with E-state index in [1.165, 1.54) is 29.7 Å². The summed E-state index contributed by atoms with van der Waals surface area (Å²) in [5.74, 6) is 3.44. The van der Waals surface area contributed by atoms with Gasteiger partial charge < -0.3 is 14.8 Å². The second-order valence-corrected chi connectivity index (χ2v) is 9.28. The molecular formula is C28H19N5O5S. The number of phenolic OH excluding ortho intramolecular Hbond substituents is 1. The average Bonchev–Trinajstić information content (AvgIpc) is 3.61. The van der Waals surface area contributed by atoms with Crippen LogP contribution in [0, 0.1) is 0 Å². The number of hydrazone groups is 1. The van der Waals surface area contributed by atoms with Gasteiger partial charge in [0.2, 0.25) is 0 Å². The summed E-state index contributed by atoms with van der Waals surface area (Å²) in [6.07, 6.45) is 3.38. The highest BCUT2D eigenvalue weighted by Crippen LogP contribution is 2.24. The standard InChI is InChI=1S/C28H19N5O5S/c34-12-20-2-1-17(7-21(20)13-35)8-27-32-22(15-39-27)14-38-23-5-3-19(26(36)10-23)11-31-33-28(37)18-4-6-24-25(9-18)30-16-29-24/h1-7,9-11,15-16,36H,8,14H2,(H,29,30)(H,33,37). The molecule has 1 amide bonds. The normalized spacial score (nSPS) is 10.9. The smallest absolute Gasteiger partial charge is 0.271 e. The number of aromatic hydroxyl groups is 1. The number of imidazole rings is 1. The average molecular weight is 538 g/mol. The molecule has 10 nitrogen and oxygen atoms in total. The fourth-order valence-electron chi connectivity index (χ4n) is 3.73. The van der Waals surface area contributed by atoms with Crippen molar-refractivity contribution in [1.82, 2.24) is 20.4 Å². The Bertz CT molecular complexity index is 1880. The van der Waals surface area contributed by atoms with Gasteiger partial charge in [0.15, 0.2) is 0 Å². The number of thiazole rings is 1. The minimum atomic E-state index is -0.399. The fourth-order valence-corrected chi connectivity index (χ4v) is 4.54. The van der Waals surface area contributed by atoms with E-state index in [1.807, 2.05) is 5.38 Å². The van der Waals surface area contributed by atoms with Gasteiger partial charge in [0.25, 0.3) is 5.91 Å².